The molecule has 0 spiro atoms. The van der Waals surface area contributed by atoms with Gasteiger partial charge >= 0.3 is 0 Å². The normalized spacial score (nSPS) is 13.9. The third-order valence-electron chi connectivity index (χ3n) is 4.39. The first-order valence-corrected chi connectivity index (χ1v) is 9.94. The van der Waals surface area contributed by atoms with Crippen LogP contribution >= 0.6 is 0 Å². The van der Waals surface area contributed by atoms with Crippen LogP contribution in [-0.4, -0.2) is 20.6 Å². The fraction of sp³-hybridized carbons (Fsp3) is 0.471. The maximum atomic E-state index is 12.9. The minimum Gasteiger partial charge on any atom is -0.372 e. The van der Waals surface area contributed by atoms with Crippen molar-refractivity contribution < 1.29 is 9.53 Å². The summed E-state index contributed by atoms with van der Waals surface area (Å²) in [5.74, 6) is 0. The summed E-state index contributed by atoms with van der Waals surface area (Å²) < 4.78 is 5.53. The van der Waals surface area contributed by atoms with Crippen molar-refractivity contribution in [2.75, 3.05) is 7.11 Å². The van der Waals surface area contributed by atoms with Crippen molar-refractivity contribution in [3.05, 3.63) is 48.0 Å². The van der Waals surface area contributed by atoms with Crippen molar-refractivity contribution in [3.8, 4) is 0 Å². The maximum absolute atomic E-state index is 12.9. The molecule has 0 N–H and O–H groups in total. The van der Waals surface area contributed by atoms with Crippen LogP contribution in [0.1, 0.15) is 32.4 Å². The summed E-state index contributed by atoms with van der Waals surface area (Å²) in [5, 5.41) is 0.197. The van der Waals surface area contributed by atoms with Crippen molar-refractivity contribution in [2.24, 2.45) is 0 Å². The zero-order chi connectivity index (χ0) is 15.6. The lowest BCUT2D eigenvalue weighted by molar-refractivity contribution is -0.110. The van der Waals surface area contributed by atoms with E-state index in [9.17, 15) is 4.79 Å². The van der Waals surface area contributed by atoms with Crippen molar-refractivity contribution in [3.63, 3.8) is 0 Å². The average molecular weight is 290 g/mol. The lowest BCUT2D eigenvalue weighted by Crippen LogP contribution is -2.47. The Morgan fingerprint density at radius 3 is 2.10 bits per heavy atom. The van der Waals surface area contributed by atoms with E-state index < -0.39 is 8.07 Å². The number of carbonyl (C=O) groups is 1. The first-order valence-electron chi connectivity index (χ1n) is 6.94. The van der Waals surface area contributed by atoms with E-state index in [4.69, 9.17) is 4.74 Å². The van der Waals surface area contributed by atoms with Gasteiger partial charge in [0.1, 0.15) is 19.6 Å². The largest absolute Gasteiger partial charge is 0.372 e. The van der Waals surface area contributed by atoms with Crippen molar-refractivity contribution in [2.45, 2.75) is 45.0 Å². The summed E-state index contributed by atoms with van der Waals surface area (Å²) in [7, 11) is -0.475. The van der Waals surface area contributed by atoms with Crippen LogP contribution in [-0.2, 0) is 9.53 Å². The molecule has 1 unspecified atom stereocenters. The fourth-order valence-corrected chi connectivity index (χ4v) is 3.58. The summed E-state index contributed by atoms with van der Waals surface area (Å²) in [5.41, 5.74) is 1.55. The number of carbonyl (C=O) groups excluding carboxylic acids is 1. The van der Waals surface area contributed by atoms with E-state index in [1.165, 1.54) is 0 Å². The molecular weight excluding hydrogens is 264 g/mol. The quantitative estimate of drug-likeness (QED) is 0.587. The van der Waals surface area contributed by atoms with Crippen LogP contribution < -0.4 is 0 Å². The van der Waals surface area contributed by atoms with E-state index in [2.05, 4.69) is 40.4 Å². The molecule has 0 saturated heterocycles. The summed E-state index contributed by atoms with van der Waals surface area (Å²) in [6.07, 6.45) is -0.349. The van der Waals surface area contributed by atoms with Gasteiger partial charge < -0.3 is 9.53 Å². The number of ether oxygens (including phenoxy) is 1. The molecule has 20 heavy (non-hydrogen) atoms. The molecular formula is C17H26O2Si. The zero-order valence-electron chi connectivity index (χ0n) is 13.5. The third-order valence-corrected chi connectivity index (χ3v) is 9.60. The molecule has 0 aliphatic rings. The highest BCUT2D eigenvalue weighted by molar-refractivity contribution is 7.08. The number of benzene rings is 1. The molecule has 0 aliphatic carbocycles. The molecule has 2 nitrogen and oxygen atoms in total. The van der Waals surface area contributed by atoms with E-state index in [-0.39, 0.29) is 16.5 Å². The van der Waals surface area contributed by atoms with Gasteiger partial charge in [-0.1, -0.05) is 70.8 Å². The Labute approximate surface area is 123 Å². The second-order valence-electron chi connectivity index (χ2n) is 6.76. The van der Waals surface area contributed by atoms with Gasteiger partial charge in [-0.15, -0.1) is 0 Å². The number of methoxy groups -OCH3 is 1. The molecule has 1 aromatic carbocycles. The van der Waals surface area contributed by atoms with Gasteiger partial charge in [-0.3, -0.25) is 0 Å². The van der Waals surface area contributed by atoms with E-state index in [1.54, 1.807) is 7.11 Å². The van der Waals surface area contributed by atoms with Crippen LogP contribution in [0.3, 0.4) is 0 Å². The van der Waals surface area contributed by atoms with E-state index >= 15 is 0 Å². The summed E-state index contributed by atoms with van der Waals surface area (Å²) in [4.78, 5) is 12.9. The molecule has 0 fully saturated rings. The highest BCUT2D eigenvalue weighted by atomic mass is 28.3. The summed E-state index contributed by atoms with van der Waals surface area (Å²) in [6.45, 7) is 14.7. The van der Waals surface area contributed by atoms with E-state index in [0.717, 1.165) is 5.56 Å². The van der Waals surface area contributed by atoms with Gasteiger partial charge in [0.2, 0.25) is 0 Å². The van der Waals surface area contributed by atoms with E-state index in [0.29, 0.717) is 5.57 Å². The highest BCUT2D eigenvalue weighted by Crippen LogP contribution is 2.39. The Bertz CT molecular complexity index is 483. The zero-order valence-corrected chi connectivity index (χ0v) is 14.5. The van der Waals surface area contributed by atoms with Crippen molar-refractivity contribution in [1.29, 1.82) is 0 Å². The Balaban J connectivity index is 3.08. The second-order valence-corrected chi connectivity index (χ2v) is 12.0. The second kappa shape index (κ2) is 6.06. The standard InChI is InChI=1S/C17H26O2Si/c1-13(16(18)20(6,7)17(2,3)4)15(19-5)14-11-9-8-10-12-14/h8-12,15H,1H2,2-7H3. The van der Waals surface area contributed by atoms with Crippen LogP contribution in [0.25, 0.3) is 0 Å². The van der Waals surface area contributed by atoms with Gasteiger partial charge in [0, 0.05) is 12.7 Å². The monoisotopic (exact) mass is 290 g/mol. The van der Waals surface area contributed by atoms with Crippen molar-refractivity contribution >= 4 is 13.5 Å². The van der Waals surface area contributed by atoms with Gasteiger partial charge in [-0.05, 0) is 10.6 Å². The number of rotatable bonds is 5. The molecule has 0 aromatic heterocycles. The Hall–Kier alpha value is -1.19. The van der Waals surface area contributed by atoms with Crippen LogP contribution in [0, 0.1) is 0 Å². The predicted molar refractivity (Wildman–Crippen MR) is 87.5 cm³/mol. The highest BCUT2D eigenvalue weighted by Gasteiger charge is 2.44. The van der Waals surface area contributed by atoms with Crippen LogP contribution in [0.15, 0.2) is 42.5 Å². The molecule has 1 rings (SSSR count). The molecule has 0 amide bonds. The van der Waals surface area contributed by atoms with Crippen LogP contribution in [0.2, 0.25) is 18.1 Å². The molecule has 0 bridgehead atoms. The minimum atomic E-state index is -2.10. The first kappa shape index (κ1) is 16.9. The fourth-order valence-electron chi connectivity index (χ4n) is 1.97. The van der Waals surface area contributed by atoms with Gasteiger partial charge in [0.05, 0.1) is 0 Å². The van der Waals surface area contributed by atoms with Crippen LogP contribution in [0.5, 0.6) is 0 Å². The molecule has 0 radical (unpaired) electrons. The van der Waals surface area contributed by atoms with Gasteiger partial charge in [-0.2, -0.15) is 0 Å². The molecule has 1 atom stereocenters. The molecule has 0 saturated carbocycles. The summed E-state index contributed by atoms with van der Waals surface area (Å²) >= 11 is 0. The molecule has 110 valence electrons. The number of hydrogen-bond acceptors (Lipinski definition) is 2. The SMILES string of the molecule is C=C(C(=O)[Si](C)(C)C(C)(C)C)C(OC)c1ccccc1. The maximum Gasteiger partial charge on any atom is 0.139 e. The topological polar surface area (TPSA) is 26.3 Å². The smallest absolute Gasteiger partial charge is 0.139 e. The molecule has 3 heteroatoms. The molecule has 0 heterocycles. The predicted octanol–water partition coefficient (Wildman–Crippen LogP) is 4.55. The lowest BCUT2D eigenvalue weighted by atomic mass is 10.0. The lowest BCUT2D eigenvalue weighted by Gasteiger charge is -2.36. The Morgan fingerprint density at radius 2 is 1.70 bits per heavy atom. The third kappa shape index (κ3) is 3.28. The Morgan fingerprint density at radius 1 is 1.20 bits per heavy atom. The van der Waals surface area contributed by atoms with Gasteiger partial charge in [0.25, 0.3) is 0 Å². The van der Waals surface area contributed by atoms with Crippen LogP contribution in [0.4, 0.5) is 0 Å². The van der Waals surface area contributed by atoms with Gasteiger partial charge in [0.15, 0.2) is 0 Å². The summed E-state index contributed by atoms with van der Waals surface area (Å²) in [6, 6.07) is 9.79. The molecule has 0 aliphatic heterocycles. The molecule has 1 aromatic rings. The first-order chi connectivity index (χ1) is 9.13. The van der Waals surface area contributed by atoms with Crippen molar-refractivity contribution in [1.82, 2.24) is 0 Å². The number of hydrogen-bond donors (Lipinski definition) is 0. The Kier molecular flexibility index (Phi) is 5.11. The average Bonchev–Trinajstić information content (AvgIpc) is 2.38. The minimum absolute atomic E-state index is 0.00199. The van der Waals surface area contributed by atoms with E-state index in [1.807, 2.05) is 30.3 Å². The van der Waals surface area contributed by atoms with Gasteiger partial charge in [-0.25, -0.2) is 0 Å².